The van der Waals surface area contributed by atoms with Crippen molar-refractivity contribution in [1.82, 2.24) is 0 Å². The Morgan fingerprint density at radius 3 is 2.63 bits per heavy atom. The summed E-state index contributed by atoms with van der Waals surface area (Å²) < 4.78 is 51.8. The minimum Gasteiger partial charge on any atom is -0.454 e. The molecule has 1 aliphatic heterocycles. The molecule has 1 aromatic rings. The van der Waals surface area contributed by atoms with Crippen LogP contribution in [0.25, 0.3) is 0 Å². The zero-order valence-corrected chi connectivity index (χ0v) is 13.6. The van der Waals surface area contributed by atoms with Gasteiger partial charge in [0.25, 0.3) is 0 Å². The fourth-order valence-electron chi connectivity index (χ4n) is 1.43. The summed E-state index contributed by atoms with van der Waals surface area (Å²) in [4.78, 5) is 0. The van der Waals surface area contributed by atoms with Crippen molar-refractivity contribution in [2.75, 3.05) is 13.4 Å². The molecule has 3 nitrogen and oxygen atoms in total. The molecule has 0 amide bonds. The smallest absolute Gasteiger partial charge is 0.454 e. The van der Waals surface area contributed by atoms with E-state index in [1.54, 1.807) is 18.2 Å². The SMILES string of the molecule is C=C(COCc1ccc2c(c1)OCO2)[B-](F)(F)F.[K+]. The summed E-state index contributed by atoms with van der Waals surface area (Å²) in [5.74, 6) is 1.21. The third kappa shape index (κ3) is 4.80. The summed E-state index contributed by atoms with van der Waals surface area (Å²) in [6, 6.07) is 5.10. The van der Waals surface area contributed by atoms with Crippen LogP contribution in [0.15, 0.2) is 30.3 Å². The number of ether oxygens (including phenoxy) is 3. The van der Waals surface area contributed by atoms with Crippen LogP contribution < -0.4 is 60.9 Å². The second-order valence-electron chi connectivity index (χ2n) is 3.91. The second kappa shape index (κ2) is 7.14. The Morgan fingerprint density at radius 1 is 1.26 bits per heavy atom. The first-order chi connectivity index (χ1) is 8.47. The minimum absolute atomic E-state index is 0. The molecule has 98 valence electrons. The van der Waals surface area contributed by atoms with E-state index >= 15 is 0 Å². The summed E-state index contributed by atoms with van der Waals surface area (Å²) in [5.41, 5.74) is -0.113. The summed E-state index contributed by atoms with van der Waals surface area (Å²) in [7, 11) is 0. The average Bonchev–Trinajstić information content (AvgIpc) is 2.74. The van der Waals surface area contributed by atoms with Gasteiger partial charge in [-0.05, 0) is 17.7 Å². The van der Waals surface area contributed by atoms with Crippen molar-refractivity contribution in [2.45, 2.75) is 6.61 Å². The molecule has 0 fully saturated rings. The molecule has 8 heteroatoms. The van der Waals surface area contributed by atoms with Gasteiger partial charge in [-0.15, -0.1) is 12.1 Å². The molecule has 0 N–H and O–H groups in total. The Morgan fingerprint density at radius 2 is 1.95 bits per heavy atom. The molecule has 1 aliphatic rings. The first-order valence-electron chi connectivity index (χ1n) is 5.30. The van der Waals surface area contributed by atoms with E-state index in [1.807, 2.05) is 0 Å². The van der Waals surface area contributed by atoms with Crippen molar-refractivity contribution in [3.63, 3.8) is 0 Å². The van der Waals surface area contributed by atoms with Crippen LogP contribution >= 0.6 is 0 Å². The van der Waals surface area contributed by atoms with Crippen molar-refractivity contribution in [2.24, 2.45) is 0 Å². The molecule has 2 rings (SSSR count). The van der Waals surface area contributed by atoms with Crippen LogP contribution in [-0.2, 0) is 11.3 Å². The molecule has 0 unspecified atom stereocenters. The molecule has 0 saturated heterocycles. The predicted octanol–water partition coefficient (Wildman–Crippen LogP) is -0.121. The molecular formula is C11H11BF3KO3. The molecule has 0 bridgehead atoms. The molecule has 0 aromatic heterocycles. The van der Waals surface area contributed by atoms with E-state index in [1.165, 1.54) is 0 Å². The largest absolute Gasteiger partial charge is 1.00 e. The maximum absolute atomic E-state index is 12.2. The van der Waals surface area contributed by atoms with Gasteiger partial charge in [0.15, 0.2) is 11.5 Å². The van der Waals surface area contributed by atoms with Gasteiger partial charge in [-0.25, -0.2) is 0 Å². The third-order valence-corrected chi connectivity index (χ3v) is 2.46. The van der Waals surface area contributed by atoms with Gasteiger partial charge < -0.3 is 27.2 Å². The number of hydrogen-bond donors (Lipinski definition) is 0. The Labute approximate surface area is 151 Å². The monoisotopic (exact) mass is 298 g/mol. The van der Waals surface area contributed by atoms with E-state index in [2.05, 4.69) is 6.58 Å². The van der Waals surface area contributed by atoms with E-state index < -0.39 is 19.1 Å². The fraction of sp³-hybridized carbons (Fsp3) is 0.273. The Balaban J connectivity index is 0.00000180. The minimum atomic E-state index is -5.03. The molecule has 0 saturated carbocycles. The molecule has 0 radical (unpaired) electrons. The van der Waals surface area contributed by atoms with E-state index in [9.17, 15) is 12.9 Å². The van der Waals surface area contributed by atoms with Crippen molar-refractivity contribution in [3.8, 4) is 11.5 Å². The van der Waals surface area contributed by atoms with E-state index in [4.69, 9.17) is 14.2 Å². The first kappa shape index (κ1) is 17.1. The molecule has 19 heavy (non-hydrogen) atoms. The molecular weight excluding hydrogens is 287 g/mol. The summed E-state index contributed by atoms with van der Waals surface area (Å²) in [6.45, 7) is -2.36. The van der Waals surface area contributed by atoms with Gasteiger partial charge in [0.1, 0.15) is 0 Å². The predicted molar refractivity (Wildman–Crippen MR) is 60.4 cm³/mol. The van der Waals surface area contributed by atoms with Gasteiger partial charge in [0, 0.05) is 6.61 Å². The van der Waals surface area contributed by atoms with Crippen LogP contribution in [-0.4, -0.2) is 20.4 Å². The maximum Gasteiger partial charge on any atom is 1.00 e. The maximum atomic E-state index is 12.2. The number of benzene rings is 1. The van der Waals surface area contributed by atoms with Gasteiger partial charge in [-0.1, -0.05) is 6.07 Å². The van der Waals surface area contributed by atoms with Gasteiger partial charge in [-0.2, -0.15) is 0 Å². The standard InChI is InChI=1S/C11H11BF3O3.K/c1-8(12(13,14)15)5-16-6-9-2-3-10-11(4-9)18-7-17-10;/h2-4H,1,5-7H2;/q-1;+1. The van der Waals surface area contributed by atoms with Gasteiger partial charge in [-0.3, -0.25) is 0 Å². The second-order valence-corrected chi connectivity index (χ2v) is 3.91. The number of rotatable bonds is 5. The topological polar surface area (TPSA) is 27.7 Å². The van der Waals surface area contributed by atoms with Crippen LogP contribution in [0.2, 0.25) is 0 Å². The van der Waals surface area contributed by atoms with Crippen LogP contribution in [0.5, 0.6) is 11.5 Å². The van der Waals surface area contributed by atoms with E-state index in [0.717, 1.165) is 5.56 Å². The van der Waals surface area contributed by atoms with Crippen LogP contribution in [0.1, 0.15) is 5.56 Å². The van der Waals surface area contributed by atoms with Gasteiger partial charge in [0.2, 0.25) is 6.79 Å². The summed E-state index contributed by atoms with van der Waals surface area (Å²) in [5, 5.41) is 0. The van der Waals surface area contributed by atoms with Crippen molar-refractivity contribution >= 4 is 6.98 Å². The normalized spacial score (nSPS) is 13.0. The fourth-order valence-corrected chi connectivity index (χ4v) is 1.43. The van der Waals surface area contributed by atoms with Gasteiger partial charge in [0.05, 0.1) is 6.61 Å². The third-order valence-electron chi connectivity index (χ3n) is 2.46. The van der Waals surface area contributed by atoms with E-state index in [0.29, 0.717) is 11.5 Å². The molecule has 1 aromatic carbocycles. The summed E-state index contributed by atoms with van der Waals surface area (Å²) in [6.07, 6.45) is 0. The molecule has 1 heterocycles. The van der Waals surface area contributed by atoms with Crippen molar-refractivity contribution < 1.29 is 78.5 Å². The van der Waals surface area contributed by atoms with Crippen LogP contribution in [0.4, 0.5) is 12.9 Å². The number of hydrogen-bond acceptors (Lipinski definition) is 3. The van der Waals surface area contributed by atoms with Gasteiger partial charge >= 0.3 is 58.4 Å². The molecule has 0 aliphatic carbocycles. The average molecular weight is 298 g/mol. The zero-order valence-electron chi connectivity index (χ0n) is 10.5. The van der Waals surface area contributed by atoms with Crippen molar-refractivity contribution in [3.05, 3.63) is 35.8 Å². The Kier molecular flexibility index (Phi) is 6.42. The Bertz CT molecular complexity index is 465. The van der Waals surface area contributed by atoms with E-state index in [-0.39, 0.29) is 64.8 Å². The Hall–Kier alpha value is 0.0113. The number of halogens is 3. The molecule has 0 atom stereocenters. The summed E-state index contributed by atoms with van der Waals surface area (Å²) >= 11 is 0. The quantitative estimate of drug-likeness (QED) is 0.709. The first-order valence-corrected chi connectivity index (χ1v) is 5.30. The van der Waals surface area contributed by atoms with Crippen LogP contribution in [0.3, 0.4) is 0 Å². The van der Waals surface area contributed by atoms with Crippen LogP contribution in [0, 0.1) is 0 Å². The zero-order chi connectivity index (χ0) is 13.2. The number of fused-ring (bicyclic) bond motifs is 1. The molecule has 0 spiro atoms. The van der Waals surface area contributed by atoms with Crippen molar-refractivity contribution in [1.29, 1.82) is 0 Å².